The third-order valence-corrected chi connectivity index (χ3v) is 6.95. The molecule has 0 spiro atoms. The van der Waals surface area contributed by atoms with Crippen molar-refractivity contribution in [2.24, 2.45) is 0 Å². The summed E-state index contributed by atoms with van der Waals surface area (Å²) in [5.74, 6) is 1.33. The number of hydrogen-bond acceptors (Lipinski definition) is 4. The summed E-state index contributed by atoms with van der Waals surface area (Å²) in [4.78, 5) is 0.815. The molecule has 0 heterocycles. The molecular formula is C23H26O4S. The van der Waals surface area contributed by atoms with E-state index in [1.165, 1.54) is 0 Å². The van der Waals surface area contributed by atoms with Gasteiger partial charge in [0.1, 0.15) is 0 Å². The fourth-order valence-electron chi connectivity index (χ4n) is 3.72. The first kappa shape index (κ1) is 20.2. The van der Waals surface area contributed by atoms with E-state index in [2.05, 4.69) is 12.2 Å². The van der Waals surface area contributed by atoms with E-state index in [0.717, 1.165) is 23.3 Å². The maximum absolute atomic E-state index is 13.6. The lowest BCUT2D eigenvalue weighted by Crippen LogP contribution is -2.41. The maximum atomic E-state index is 13.6. The highest BCUT2D eigenvalue weighted by Gasteiger charge is 2.42. The highest BCUT2D eigenvalue weighted by atomic mass is 32.2. The second-order valence-electron chi connectivity index (χ2n) is 6.65. The Kier molecular flexibility index (Phi) is 6.57. The Bertz CT molecular complexity index is 875. The first-order valence-electron chi connectivity index (χ1n) is 9.21. The largest absolute Gasteiger partial charge is 0.505 e. The molecule has 3 atom stereocenters. The van der Waals surface area contributed by atoms with Gasteiger partial charge >= 0.3 is 0 Å². The van der Waals surface area contributed by atoms with Crippen LogP contribution in [0, 0.1) is 0 Å². The van der Waals surface area contributed by atoms with Crippen molar-refractivity contribution in [3.05, 3.63) is 78.6 Å². The quantitative estimate of drug-likeness (QED) is 0.504. The minimum Gasteiger partial charge on any atom is -0.505 e. The van der Waals surface area contributed by atoms with Gasteiger partial charge < -0.3 is 14.2 Å². The van der Waals surface area contributed by atoms with E-state index < -0.39 is 16.2 Å². The molecule has 2 unspecified atom stereocenters. The predicted octanol–water partition coefficient (Wildman–Crippen LogP) is 4.63. The van der Waals surface area contributed by atoms with E-state index in [9.17, 15) is 4.21 Å². The highest BCUT2D eigenvalue weighted by molar-refractivity contribution is 7.86. The van der Waals surface area contributed by atoms with Gasteiger partial charge in [-0.1, -0.05) is 36.4 Å². The van der Waals surface area contributed by atoms with Gasteiger partial charge in [-0.3, -0.25) is 4.21 Å². The topological polar surface area (TPSA) is 44.8 Å². The lowest BCUT2D eigenvalue weighted by molar-refractivity contribution is 0.328. The lowest BCUT2D eigenvalue weighted by atomic mass is 9.71. The average Bonchev–Trinajstić information content (AvgIpc) is 2.77. The second kappa shape index (κ2) is 9.11. The molecule has 5 heteroatoms. The highest BCUT2D eigenvalue weighted by Crippen LogP contribution is 2.44. The molecule has 2 aromatic carbocycles. The number of benzene rings is 2. The third kappa shape index (κ3) is 3.85. The van der Waals surface area contributed by atoms with Gasteiger partial charge in [-0.2, -0.15) is 0 Å². The van der Waals surface area contributed by atoms with Crippen LogP contribution in [0.5, 0.6) is 11.5 Å². The molecule has 0 fully saturated rings. The van der Waals surface area contributed by atoms with Gasteiger partial charge in [0.15, 0.2) is 11.5 Å². The molecule has 1 aliphatic rings. The first-order chi connectivity index (χ1) is 13.7. The standard InChI is InChI=1S/C23H26O4S/c1-25-16-15-23(18-12-13-20(26-2)21(17-18)27-3)14-8-7-11-22(23)28(24)19-9-5-4-6-10-19/h4-7,9-13,15-17,22H,8,14H2,1-3H3/b16-15+/t22?,23-,28?/m0/s1. The fourth-order valence-corrected chi connectivity index (χ4v) is 5.40. The van der Waals surface area contributed by atoms with Crippen molar-refractivity contribution in [2.45, 2.75) is 28.4 Å². The molecule has 0 N–H and O–H groups in total. The minimum atomic E-state index is -1.22. The van der Waals surface area contributed by atoms with Crippen molar-refractivity contribution < 1.29 is 18.4 Å². The minimum absolute atomic E-state index is 0.229. The summed E-state index contributed by atoms with van der Waals surface area (Å²) in [6.45, 7) is 0. The average molecular weight is 399 g/mol. The summed E-state index contributed by atoms with van der Waals surface area (Å²) in [5, 5.41) is -0.229. The molecule has 0 saturated heterocycles. The zero-order valence-corrected chi connectivity index (χ0v) is 17.3. The van der Waals surface area contributed by atoms with Crippen LogP contribution in [-0.4, -0.2) is 30.8 Å². The summed E-state index contributed by atoms with van der Waals surface area (Å²) in [7, 11) is 3.65. The molecule has 3 rings (SSSR count). The molecule has 2 aromatic rings. The molecule has 1 aliphatic carbocycles. The number of ether oxygens (including phenoxy) is 3. The fraction of sp³-hybridized carbons (Fsp3) is 0.304. The van der Waals surface area contributed by atoms with Gasteiger partial charge in [0.05, 0.1) is 43.6 Å². The van der Waals surface area contributed by atoms with Crippen LogP contribution in [0.15, 0.2) is 77.9 Å². The van der Waals surface area contributed by atoms with E-state index in [-0.39, 0.29) is 5.25 Å². The number of hydrogen-bond donors (Lipinski definition) is 0. The molecule has 4 nitrogen and oxygen atoms in total. The van der Waals surface area contributed by atoms with Crippen LogP contribution in [0.2, 0.25) is 0 Å². The Balaban J connectivity index is 2.15. The molecule has 28 heavy (non-hydrogen) atoms. The van der Waals surface area contributed by atoms with Crippen LogP contribution in [-0.2, 0) is 21.0 Å². The van der Waals surface area contributed by atoms with E-state index in [1.54, 1.807) is 27.6 Å². The monoisotopic (exact) mass is 398 g/mol. The maximum Gasteiger partial charge on any atom is 0.161 e. The Morgan fingerprint density at radius 1 is 1.04 bits per heavy atom. The van der Waals surface area contributed by atoms with Crippen LogP contribution in [0.4, 0.5) is 0 Å². The van der Waals surface area contributed by atoms with Crippen molar-refractivity contribution in [3.63, 3.8) is 0 Å². The summed E-state index contributed by atoms with van der Waals surface area (Å²) in [6, 6.07) is 15.5. The van der Waals surface area contributed by atoms with Crippen LogP contribution in [0.25, 0.3) is 0 Å². The van der Waals surface area contributed by atoms with Crippen molar-refractivity contribution in [3.8, 4) is 11.5 Å². The Hall–Kier alpha value is -2.53. The molecule has 148 valence electrons. The number of methoxy groups -OCH3 is 3. The van der Waals surface area contributed by atoms with Gasteiger partial charge in [0.25, 0.3) is 0 Å². The molecule has 0 amide bonds. The molecule has 0 radical (unpaired) electrons. The van der Waals surface area contributed by atoms with E-state index in [0.29, 0.717) is 11.5 Å². The molecule has 0 saturated carbocycles. The van der Waals surface area contributed by atoms with Gasteiger partial charge in [0, 0.05) is 10.3 Å². The van der Waals surface area contributed by atoms with Gasteiger partial charge in [-0.25, -0.2) is 0 Å². The zero-order valence-electron chi connectivity index (χ0n) is 16.5. The van der Waals surface area contributed by atoms with Crippen molar-refractivity contribution in [2.75, 3.05) is 21.3 Å². The smallest absolute Gasteiger partial charge is 0.161 e. The molecule has 0 bridgehead atoms. The lowest BCUT2D eigenvalue weighted by Gasteiger charge is -2.39. The van der Waals surface area contributed by atoms with Crippen LogP contribution in [0.3, 0.4) is 0 Å². The predicted molar refractivity (Wildman–Crippen MR) is 112 cm³/mol. The Labute approximate surface area is 169 Å². The van der Waals surface area contributed by atoms with Gasteiger partial charge in [-0.15, -0.1) is 0 Å². The van der Waals surface area contributed by atoms with Crippen molar-refractivity contribution >= 4 is 10.8 Å². The molecule has 0 aliphatic heterocycles. The third-order valence-electron chi connectivity index (χ3n) is 5.17. The van der Waals surface area contributed by atoms with Crippen LogP contribution in [0.1, 0.15) is 18.4 Å². The van der Waals surface area contributed by atoms with E-state index in [4.69, 9.17) is 14.2 Å². The Morgan fingerprint density at radius 3 is 2.46 bits per heavy atom. The molecular weight excluding hydrogens is 372 g/mol. The number of allylic oxidation sites excluding steroid dienone is 2. The van der Waals surface area contributed by atoms with E-state index >= 15 is 0 Å². The first-order valence-corrected chi connectivity index (χ1v) is 10.4. The summed E-state index contributed by atoms with van der Waals surface area (Å²) in [5.41, 5.74) is 0.544. The van der Waals surface area contributed by atoms with Crippen LogP contribution >= 0.6 is 0 Å². The normalized spacial score (nSPS) is 22.8. The van der Waals surface area contributed by atoms with E-state index in [1.807, 2.05) is 54.6 Å². The summed E-state index contributed by atoms with van der Waals surface area (Å²) >= 11 is 0. The number of rotatable bonds is 7. The van der Waals surface area contributed by atoms with Crippen molar-refractivity contribution in [1.82, 2.24) is 0 Å². The Morgan fingerprint density at radius 2 is 1.79 bits per heavy atom. The molecule has 0 aromatic heterocycles. The summed E-state index contributed by atoms with van der Waals surface area (Å²) < 4.78 is 29.7. The van der Waals surface area contributed by atoms with Gasteiger partial charge in [0.2, 0.25) is 0 Å². The summed E-state index contributed by atoms with van der Waals surface area (Å²) in [6.07, 6.45) is 9.62. The zero-order chi connectivity index (χ0) is 20.0. The SMILES string of the molecule is CO/C=C/[C@]1(c2ccc(OC)c(OC)c2)CCC=CC1S(=O)c1ccccc1. The second-order valence-corrected chi connectivity index (χ2v) is 8.22. The van der Waals surface area contributed by atoms with Crippen LogP contribution < -0.4 is 9.47 Å². The van der Waals surface area contributed by atoms with Gasteiger partial charge in [-0.05, 0) is 48.7 Å². The van der Waals surface area contributed by atoms with Crippen molar-refractivity contribution in [1.29, 1.82) is 0 Å².